The van der Waals surface area contributed by atoms with E-state index < -0.39 is 46.2 Å². The lowest BCUT2D eigenvalue weighted by atomic mass is 10.0. The van der Waals surface area contributed by atoms with E-state index in [0.29, 0.717) is 0 Å². The predicted molar refractivity (Wildman–Crippen MR) is 142 cm³/mol. The van der Waals surface area contributed by atoms with Gasteiger partial charge in [-0.15, -0.1) is 4.79 Å². The molecule has 0 aliphatic heterocycles. The van der Waals surface area contributed by atoms with Crippen molar-refractivity contribution in [3.8, 4) is 0 Å². The van der Waals surface area contributed by atoms with E-state index in [1.54, 1.807) is 40.7 Å². The molecule has 0 bridgehead atoms. The minimum Gasteiger partial charge on any atom is -0.460 e. The SMILES string of the molecule is CC(C)(C)OC(=O)CCN(C(=O)C(=[N+]=[N-])S(=O)(=O)c1ccccc1)C(C)(C)CO[Si](C)(C)C(C)(C)C. The standard InChI is InChI=1S/C25H41N3O6SSi/c1-23(2,3)34-20(29)16-17-28(25(7,8)18-33-36(9,10)24(4,5)6)22(30)21(27-26)35(31,32)19-14-12-11-13-15-19/h11-15H,16-18H2,1-10H3. The Kier molecular flexibility index (Phi) is 10.0. The number of hydrogen-bond donors (Lipinski definition) is 0. The number of benzene rings is 1. The summed E-state index contributed by atoms with van der Waals surface area (Å²) in [6.45, 7) is 18.9. The summed E-state index contributed by atoms with van der Waals surface area (Å²) in [7, 11) is -6.65. The second-order valence-corrected chi connectivity index (χ2v) is 18.6. The summed E-state index contributed by atoms with van der Waals surface area (Å²) in [6.07, 6.45) is -0.184. The van der Waals surface area contributed by atoms with Crippen molar-refractivity contribution >= 4 is 35.1 Å². The van der Waals surface area contributed by atoms with Crippen molar-refractivity contribution in [2.24, 2.45) is 0 Å². The summed E-state index contributed by atoms with van der Waals surface area (Å²) >= 11 is 0. The Labute approximate surface area is 216 Å². The van der Waals surface area contributed by atoms with Gasteiger partial charge in [-0.1, -0.05) is 39.0 Å². The van der Waals surface area contributed by atoms with Crippen molar-refractivity contribution in [2.45, 2.75) is 96.0 Å². The lowest BCUT2D eigenvalue weighted by molar-refractivity contribution is -0.156. The number of hydrogen-bond acceptors (Lipinski definition) is 6. The Morgan fingerprint density at radius 1 is 1.00 bits per heavy atom. The average molecular weight is 540 g/mol. The van der Waals surface area contributed by atoms with E-state index in [2.05, 4.69) is 38.7 Å². The van der Waals surface area contributed by atoms with Crippen molar-refractivity contribution in [3.63, 3.8) is 0 Å². The summed E-state index contributed by atoms with van der Waals surface area (Å²) in [5, 5.41) is -1.12. The van der Waals surface area contributed by atoms with Crippen molar-refractivity contribution in [2.75, 3.05) is 13.2 Å². The van der Waals surface area contributed by atoms with Crippen LogP contribution in [-0.2, 0) is 28.6 Å². The molecule has 0 spiro atoms. The zero-order chi connectivity index (χ0) is 28.2. The van der Waals surface area contributed by atoms with Gasteiger partial charge in [0.25, 0.3) is 9.84 Å². The van der Waals surface area contributed by atoms with Crippen molar-refractivity contribution < 1.29 is 32.0 Å². The van der Waals surface area contributed by atoms with Gasteiger partial charge in [0.05, 0.1) is 23.5 Å². The molecule has 202 valence electrons. The highest BCUT2D eigenvalue weighted by Crippen LogP contribution is 2.37. The smallest absolute Gasteiger partial charge is 0.460 e. The molecule has 0 N–H and O–H groups in total. The topological polar surface area (TPSA) is 126 Å². The van der Waals surface area contributed by atoms with Crippen molar-refractivity contribution in [1.82, 2.24) is 4.90 Å². The highest BCUT2D eigenvalue weighted by molar-refractivity contribution is 8.08. The monoisotopic (exact) mass is 539 g/mol. The average Bonchev–Trinajstić information content (AvgIpc) is 2.71. The van der Waals surface area contributed by atoms with Gasteiger partial charge < -0.3 is 19.6 Å². The van der Waals surface area contributed by atoms with Gasteiger partial charge in [-0.3, -0.25) is 9.59 Å². The van der Waals surface area contributed by atoms with E-state index >= 15 is 0 Å². The van der Waals surface area contributed by atoms with Crippen LogP contribution in [0.4, 0.5) is 0 Å². The maximum Gasteiger partial charge on any atom is 0.473 e. The molecule has 0 fully saturated rings. The molecular formula is C25H41N3O6SSi. The van der Waals surface area contributed by atoms with Crippen LogP contribution in [0.1, 0.15) is 61.8 Å². The molecule has 0 saturated carbocycles. The minimum absolute atomic E-state index is 0.0909. The Balaban J connectivity index is 3.40. The lowest BCUT2D eigenvalue weighted by Crippen LogP contribution is -2.56. The number of carbonyl (C=O) groups is 2. The number of nitrogens with zero attached hydrogens (tertiary/aromatic N) is 3. The van der Waals surface area contributed by atoms with Crippen molar-refractivity contribution in [3.05, 3.63) is 35.9 Å². The summed E-state index contributed by atoms with van der Waals surface area (Å²) < 4.78 is 38.0. The third kappa shape index (κ3) is 8.37. The zero-order valence-corrected chi connectivity index (χ0v) is 25.0. The maximum absolute atomic E-state index is 13.6. The second-order valence-electron chi connectivity index (χ2n) is 11.9. The van der Waals surface area contributed by atoms with Gasteiger partial charge >= 0.3 is 16.9 Å². The largest absolute Gasteiger partial charge is 0.473 e. The molecule has 1 aromatic rings. The molecule has 36 heavy (non-hydrogen) atoms. The molecule has 0 unspecified atom stereocenters. The molecule has 1 rings (SSSR count). The molecule has 0 saturated heterocycles. The summed E-state index contributed by atoms with van der Waals surface area (Å²) in [5.41, 5.74) is 7.88. The van der Waals surface area contributed by atoms with E-state index in [0.717, 1.165) is 0 Å². The van der Waals surface area contributed by atoms with Crippen LogP contribution >= 0.6 is 0 Å². The quantitative estimate of drug-likeness (QED) is 0.120. The molecule has 0 heterocycles. The molecule has 9 nitrogen and oxygen atoms in total. The van der Waals surface area contributed by atoms with Gasteiger partial charge in [-0.2, -0.15) is 0 Å². The first kappa shape index (κ1) is 31.7. The molecular weight excluding hydrogens is 498 g/mol. The first-order valence-corrected chi connectivity index (χ1v) is 16.2. The van der Waals surface area contributed by atoms with E-state index in [-0.39, 0.29) is 29.5 Å². The number of carbonyl (C=O) groups excluding carboxylic acids is 2. The van der Waals surface area contributed by atoms with Crippen LogP contribution in [0, 0.1) is 0 Å². The number of ether oxygens (including phenoxy) is 1. The fraction of sp³-hybridized carbons (Fsp3) is 0.640. The van der Waals surface area contributed by atoms with E-state index in [1.807, 2.05) is 0 Å². The van der Waals surface area contributed by atoms with Gasteiger partial charge in [0.2, 0.25) is 0 Å². The van der Waals surface area contributed by atoms with Gasteiger partial charge in [0.1, 0.15) is 5.60 Å². The molecule has 11 heteroatoms. The molecule has 1 aromatic carbocycles. The Hall–Kier alpha value is -2.33. The first-order valence-electron chi connectivity index (χ1n) is 11.9. The van der Waals surface area contributed by atoms with Gasteiger partial charge in [-0.25, -0.2) is 8.42 Å². The summed E-state index contributed by atoms with van der Waals surface area (Å²) in [4.78, 5) is 30.0. The number of esters is 1. The van der Waals surface area contributed by atoms with E-state index in [1.165, 1.54) is 29.2 Å². The first-order chi connectivity index (χ1) is 16.2. The number of amides is 1. The van der Waals surface area contributed by atoms with Gasteiger partial charge in [0, 0.05) is 6.54 Å². The fourth-order valence-electron chi connectivity index (χ4n) is 2.96. The van der Waals surface area contributed by atoms with Crippen LogP contribution in [0.2, 0.25) is 18.1 Å². The third-order valence-corrected chi connectivity index (χ3v) is 12.2. The third-order valence-electron chi connectivity index (χ3n) is 6.11. The highest BCUT2D eigenvalue weighted by atomic mass is 32.2. The Bertz CT molecular complexity index is 1100. The Morgan fingerprint density at radius 2 is 1.53 bits per heavy atom. The second kappa shape index (κ2) is 11.4. The van der Waals surface area contributed by atoms with Crippen LogP contribution in [0.3, 0.4) is 0 Å². The summed E-state index contributed by atoms with van der Waals surface area (Å²) in [5.74, 6) is -1.58. The molecule has 1 amide bonds. The number of rotatable bonds is 8. The predicted octanol–water partition coefficient (Wildman–Crippen LogP) is 4.45. The number of sulfone groups is 1. The van der Waals surface area contributed by atoms with Crippen LogP contribution < -0.4 is 0 Å². The Morgan fingerprint density at radius 3 is 1.97 bits per heavy atom. The fourth-order valence-corrected chi connectivity index (χ4v) is 5.30. The molecule has 0 atom stereocenters. The normalized spacial score (nSPS) is 13.1. The minimum atomic E-state index is -4.43. The molecule has 0 aliphatic rings. The van der Waals surface area contributed by atoms with E-state index in [9.17, 15) is 23.5 Å². The van der Waals surface area contributed by atoms with Gasteiger partial charge in [0.15, 0.2) is 8.32 Å². The van der Waals surface area contributed by atoms with E-state index in [4.69, 9.17) is 9.16 Å². The van der Waals surface area contributed by atoms with Crippen molar-refractivity contribution in [1.29, 1.82) is 0 Å². The van der Waals surface area contributed by atoms with Crippen LogP contribution in [-0.4, -0.2) is 67.6 Å². The maximum atomic E-state index is 13.6. The van der Waals surface area contributed by atoms with Crippen LogP contribution in [0.25, 0.3) is 5.53 Å². The molecule has 0 aromatic heterocycles. The summed E-state index contributed by atoms with van der Waals surface area (Å²) in [6, 6.07) is 7.26. The van der Waals surface area contributed by atoms with Crippen LogP contribution in [0.5, 0.6) is 0 Å². The molecule has 0 radical (unpaired) electrons. The molecule has 0 aliphatic carbocycles. The van der Waals surface area contributed by atoms with Gasteiger partial charge in [-0.05, 0) is 64.9 Å². The lowest BCUT2D eigenvalue weighted by Gasteiger charge is -2.42. The zero-order valence-electron chi connectivity index (χ0n) is 23.2. The highest BCUT2D eigenvalue weighted by Gasteiger charge is 2.46. The van der Waals surface area contributed by atoms with Crippen LogP contribution in [0.15, 0.2) is 35.2 Å².